The largest absolute Gasteiger partial charge is 0.444 e. The molecular formula is C17H19BrN2O4. The van der Waals surface area contributed by atoms with Crippen molar-refractivity contribution in [2.75, 3.05) is 6.54 Å². The minimum Gasteiger partial charge on any atom is -0.444 e. The number of ketones is 1. The zero-order valence-electron chi connectivity index (χ0n) is 13.7. The fourth-order valence-corrected chi connectivity index (χ4v) is 2.49. The third kappa shape index (κ3) is 4.92. The average Bonchev–Trinajstić information content (AvgIpc) is 2.46. The predicted octanol–water partition coefficient (Wildman–Crippen LogP) is 2.93. The van der Waals surface area contributed by atoms with E-state index in [2.05, 4.69) is 26.2 Å². The molecule has 0 aliphatic heterocycles. The van der Waals surface area contributed by atoms with Crippen LogP contribution in [0.4, 0.5) is 4.79 Å². The zero-order valence-corrected chi connectivity index (χ0v) is 15.3. The first-order valence-electron chi connectivity index (χ1n) is 7.44. The highest BCUT2D eigenvalue weighted by atomic mass is 79.9. The Morgan fingerprint density at radius 2 is 2.00 bits per heavy atom. The molecule has 1 heterocycles. The average molecular weight is 395 g/mol. The quantitative estimate of drug-likeness (QED) is 0.833. The van der Waals surface area contributed by atoms with E-state index in [0.717, 1.165) is 4.47 Å². The molecule has 2 N–H and O–H groups in total. The van der Waals surface area contributed by atoms with Gasteiger partial charge in [0.2, 0.25) is 0 Å². The van der Waals surface area contributed by atoms with E-state index in [0.29, 0.717) is 16.5 Å². The van der Waals surface area contributed by atoms with Crippen molar-refractivity contribution >= 4 is 38.7 Å². The number of carbonyl (C=O) groups excluding carboxylic acids is 2. The maximum absolute atomic E-state index is 12.4. The Labute approximate surface area is 147 Å². The van der Waals surface area contributed by atoms with Gasteiger partial charge in [0.15, 0.2) is 11.2 Å². The summed E-state index contributed by atoms with van der Waals surface area (Å²) in [6.07, 6.45) is 0.813. The number of amides is 1. The summed E-state index contributed by atoms with van der Waals surface area (Å²) in [4.78, 5) is 38.9. The van der Waals surface area contributed by atoms with E-state index < -0.39 is 11.7 Å². The molecule has 2 rings (SSSR count). The van der Waals surface area contributed by atoms with E-state index in [1.165, 1.54) is 6.20 Å². The van der Waals surface area contributed by atoms with Gasteiger partial charge in [-0.25, -0.2) is 4.79 Å². The molecule has 0 unspecified atom stereocenters. The summed E-state index contributed by atoms with van der Waals surface area (Å²) in [7, 11) is 0. The van der Waals surface area contributed by atoms with E-state index in [-0.39, 0.29) is 24.2 Å². The molecule has 6 nitrogen and oxygen atoms in total. The minimum absolute atomic E-state index is 0.0584. The number of alkyl carbamates (subject to hydrolysis) is 1. The number of fused-ring (bicyclic) bond motifs is 1. The van der Waals surface area contributed by atoms with E-state index in [9.17, 15) is 14.4 Å². The number of halogens is 1. The Hall–Kier alpha value is -2.15. The molecule has 0 radical (unpaired) electrons. The lowest BCUT2D eigenvalue weighted by Gasteiger charge is -2.19. The van der Waals surface area contributed by atoms with Gasteiger partial charge in [-0.05, 0) is 39.0 Å². The topological polar surface area (TPSA) is 88.3 Å². The standard InChI is InChI=1S/C17H19BrN2O4/c1-17(2,3)24-16(23)20-9-12(21)6-10-8-19-14-7-11(18)4-5-13(14)15(10)22/h4-5,7-8H,6,9H2,1-3H3,(H,19,22)(H,20,23). The van der Waals surface area contributed by atoms with Crippen LogP contribution in [-0.2, 0) is 16.0 Å². The second kappa shape index (κ2) is 7.17. The van der Waals surface area contributed by atoms with Crippen LogP contribution in [-0.4, -0.2) is 29.0 Å². The number of Topliss-reactive ketones (excluding diaryl/α,β-unsaturated/α-hetero) is 1. The Morgan fingerprint density at radius 1 is 1.29 bits per heavy atom. The highest BCUT2D eigenvalue weighted by Gasteiger charge is 2.17. The summed E-state index contributed by atoms with van der Waals surface area (Å²) in [5, 5.41) is 2.91. The zero-order chi connectivity index (χ0) is 17.9. The smallest absolute Gasteiger partial charge is 0.408 e. The summed E-state index contributed by atoms with van der Waals surface area (Å²) in [5.41, 5.74) is 0.233. The van der Waals surface area contributed by atoms with Crippen molar-refractivity contribution in [3.05, 3.63) is 44.7 Å². The molecule has 0 saturated carbocycles. The van der Waals surface area contributed by atoms with Gasteiger partial charge in [-0.1, -0.05) is 15.9 Å². The number of nitrogens with one attached hydrogen (secondary N) is 2. The van der Waals surface area contributed by atoms with Gasteiger partial charge in [0, 0.05) is 28.0 Å². The maximum atomic E-state index is 12.4. The number of hydrogen-bond donors (Lipinski definition) is 2. The molecule has 24 heavy (non-hydrogen) atoms. The molecule has 0 fully saturated rings. The van der Waals surface area contributed by atoms with Gasteiger partial charge in [0.1, 0.15) is 5.60 Å². The van der Waals surface area contributed by atoms with E-state index in [4.69, 9.17) is 4.74 Å². The van der Waals surface area contributed by atoms with Crippen LogP contribution in [0.3, 0.4) is 0 Å². The summed E-state index contributed by atoms with van der Waals surface area (Å²) >= 11 is 3.34. The molecule has 128 valence electrons. The molecule has 0 bridgehead atoms. The Morgan fingerprint density at radius 3 is 2.67 bits per heavy atom. The van der Waals surface area contributed by atoms with Crippen molar-refractivity contribution in [2.24, 2.45) is 0 Å². The predicted molar refractivity (Wildman–Crippen MR) is 95.2 cm³/mol. The van der Waals surface area contributed by atoms with Crippen molar-refractivity contribution in [1.29, 1.82) is 0 Å². The van der Waals surface area contributed by atoms with Crippen LogP contribution < -0.4 is 10.7 Å². The molecule has 0 atom stereocenters. The number of ether oxygens (including phenoxy) is 1. The van der Waals surface area contributed by atoms with Gasteiger partial charge < -0.3 is 15.0 Å². The molecule has 1 amide bonds. The van der Waals surface area contributed by atoms with Crippen LogP contribution in [0.25, 0.3) is 10.9 Å². The summed E-state index contributed by atoms with van der Waals surface area (Å²) in [5.74, 6) is -0.275. The lowest BCUT2D eigenvalue weighted by Crippen LogP contribution is -2.36. The van der Waals surface area contributed by atoms with Crippen LogP contribution in [0.1, 0.15) is 26.3 Å². The van der Waals surface area contributed by atoms with Crippen LogP contribution >= 0.6 is 15.9 Å². The van der Waals surface area contributed by atoms with Crippen molar-refractivity contribution < 1.29 is 14.3 Å². The van der Waals surface area contributed by atoms with Gasteiger partial charge in [0.25, 0.3) is 0 Å². The van der Waals surface area contributed by atoms with Crippen LogP contribution in [0, 0.1) is 0 Å². The third-order valence-corrected chi connectivity index (χ3v) is 3.63. The second-order valence-corrected chi connectivity index (χ2v) is 7.32. The number of aromatic nitrogens is 1. The number of carbonyl (C=O) groups is 2. The minimum atomic E-state index is -0.659. The lowest BCUT2D eigenvalue weighted by molar-refractivity contribution is -0.117. The number of H-pyrrole nitrogens is 1. The molecule has 7 heteroatoms. The van der Waals surface area contributed by atoms with Gasteiger partial charge in [-0.3, -0.25) is 9.59 Å². The SMILES string of the molecule is CC(C)(C)OC(=O)NCC(=O)Cc1c[nH]c2cc(Br)ccc2c1=O. The molecule has 0 aliphatic carbocycles. The van der Waals surface area contributed by atoms with Gasteiger partial charge >= 0.3 is 6.09 Å². The number of rotatable bonds is 4. The fraction of sp³-hybridized carbons (Fsp3) is 0.353. The van der Waals surface area contributed by atoms with Crippen LogP contribution in [0.2, 0.25) is 0 Å². The Balaban J connectivity index is 2.03. The molecule has 0 saturated heterocycles. The van der Waals surface area contributed by atoms with Crippen molar-refractivity contribution in [3.8, 4) is 0 Å². The molecule has 0 aliphatic rings. The monoisotopic (exact) mass is 394 g/mol. The molecule has 1 aromatic heterocycles. The van der Waals surface area contributed by atoms with Crippen molar-refractivity contribution in [3.63, 3.8) is 0 Å². The normalized spacial score (nSPS) is 11.3. The molecular weight excluding hydrogens is 376 g/mol. The van der Waals surface area contributed by atoms with E-state index in [1.54, 1.807) is 39.0 Å². The van der Waals surface area contributed by atoms with Gasteiger partial charge in [-0.15, -0.1) is 0 Å². The number of pyridine rings is 1. The first-order valence-corrected chi connectivity index (χ1v) is 8.23. The van der Waals surface area contributed by atoms with Crippen molar-refractivity contribution in [2.45, 2.75) is 32.8 Å². The van der Waals surface area contributed by atoms with Crippen molar-refractivity contribution in [1.82, 2.24) is 10.3 Å². The van der Waals surface area contributed by atoms with E-state index in [1.807, 2.05) is 0 Å². The number of aromatic amines is 1. The van der Waals surface area contributed by atoms with Crippen LogP contribution in [0.15, 0.2) is 33.7 Å². The summed E-state index contributed by atoms with van der Waals surface area (Å²) < 4.78 is 5.91. The Kier molecular flexibility index (Phi) is 5.43. The molecule has 0 spiro atoms. The first-order chi connectivity index (χ1) is 11.2. The van der Waals surface area contributed by atoms with Gasteiger partial charge in [0.05, 0.1) is 12.1 Å². The molecule has 1 aromatic carbocycles. The fourth-order valence-electron chi connectivity index (χ4n) is 2.13. The maximum Gasteiger partial charge on any atom is 0.408 e. The first kappa shape index (κ1) is 18.2. The third-order valence-electron chi connectivity index (χ3n) is 3.14. The second-order valence-electron chi connectivity index (χ2n) is 6.40. The molecule has 2 aromatic rings. The lowest BCUT2D eigenvalue weighted by atomic mass is 10.1. The van der Waals surface area contributed by atoms with Crippen LogP contribution in [0.5, 0.6) is 0 Å². The number of benzene rings is 1. The Bertz CT molecular complexity index is 837. The number of hydrogen-bond acceptors (Lipinski definition) is 4. The summed E-state index contributed by atoms with van der Waals surface area (Å²) in [6, 6.07) is 5.27. The highest BCUT2D eigenvalue weighted by Crippen LogP contribution is 2.15. The van der Waals surface area contributed by atoms with Gasteiger partial charge in [-0.2, -0.15) is 0 Å². The highest BCUT2D eigenvalue weighted by molar-refractivity contribution is 9.10. The van der Waals surface area contributed by atoms with E-state index >= 15 is 0 Å². The summed E-state index contributed by atoms with van der Waals surface area (Å²) in [6.45, 7) is 5.02.